The number of carboxylic acid groups (broad SMARTS) is 1. The number of hydrogen-bond acceptors (Lipinski definition) is 9. The van der Waals surface area contributed by atoms with Crippen LogP contribution in [0.15, 0.2) is 67.1 Å². The van der Waals surface area contributed by atoms with Gasteiger partial charge < -0.3 is 47.1 Å². The Bertz CT molecular complexity index is 1820. The smallest absolute Gasteiger partial charge is 0.305 e. The number of phenolic OH excluding ortho intramolecular Hbond substituents is 1. The second kappa shape index (κ2) is 21.7. The topological polar surface area (TPSA) is 249 Å². The third-order valence-electron chi connectivity index (χ3n) is 10.7. The van der Waals surface area contributed by atoms with Crippen LogP contribution in [0.25, 0.3) is 0 Å². The van der Waals surface area contributed by atoms with Crippen LogP contribution in [0, 0.1) is 17.8 Å². The Morgan fingerprint density at radius 3 is 2.14 bits per heavy atom. The van der Waals surface area contributed by atoms with Crippen molar-refractivity contribution in [3.8, 4) is 5.75 Å². The molecule has 0 radical (unpaired) electrons. The number of phenols is 1. The van der Waals surface area contributed by atoms with Crippen LogP contribution in [0.5, 0.6) is 5.75 Å². The molecule has 7 atom stereocenters. The lowest BCUT2D eigenvalue weighted by Crippen LogP contribution is -2.60. The zero-order valence-corrected chi connectivity index (χ0v) is 33.6. The molecule has 1 saturated heterocycles. The first kappa shape index (κ1) is 44.9. The molecule has 9 N–H and O–H groups in total. The number of aliphatic carboxylic acids is 1. The standard InChI is InChI=1S/C42H58N8O8/c1-5-26(4)37(49-39(55)33(19-28-13-15-31(51)16-14-28)47-38(54)32(22-43)25(2)3)41(57)48-34(20-30-23-44-24-45-30)42(58)50-17-9-12-35(50)40(56)46-29(21-36(52)53)18-27-10-7-6-8-11-27/h6-8,10-11,13-16,23-26,29,32-35,37,51H,5,9,12,17-22,43H2,1-4H3,(H,44,45)(H,46,56)(H,47,54)(H,48,57)(H,49,55)(H,52,53). The van der Waals surface area contributed by atoms with Crippen LogP contribution in [0.1, 0.15) is 70.2 Å². The minimum Gasteiger partial charge on any atom is -0.508 e. The van der Waals surface area contributed by atoms with Gasteiger partial charge in [-0.3, -0.25) is 28.8 Å². The van der Waals surface area contributed by atoms with Crippen LogP contribution in [0.3, 0.4) is 0 Å². The van der Waals surface area contributed by atoms with Crippen LogP contribution >= 0.6 is 0 Å². The number of hydrogen-bond donors (Lipinski definition) is 8. The molecule has 58 heavy (non-hydrogen) atoms. The number of benzene rings is 2. The highest BCUT2D eigenvalue weighted by Gasteiger charge is 2.40. The van der Waals surface area contributed by atoms with Crippen molar-refractivity contribution in [1.29, 1.82) is 0 Å². The van der Waals surface area contributed by atoms with Crippen LogP contribution in [-0.4, -0.2) is 104 Å². The molecule has 0 bridgehead atoms. The average molecular weight is 803 g/mol. The number of rotatable bonds is 21. The highest BCUT2D eigenvalue weighted by Crippen LogP contribution is 2.21. The maximum absolute atomic E-state index is 14.4. The summed E-state index contributed by atoms with van der Waals surface area (Å²) in [6, 6.07) is 10.4. The number of aromatic hydroxyl groups is 1. The second-order valence-corrected chi connectivity index (χ2v) is 15.4. The molecule has 0 spiro atoms. The van der Waals surface area contributed by atoms with Gasteiger partial charge >= 0.3 is 5.97 Å². The molecular weight excluding hydrogens is 745 g/mol. The van der Waals surface area contributed by atoms with Crippen molar-refractivity contribution in [1.82, 2.24) is 36.1 Å². The normalized spacial score (nSPS) is 17.0. The fourth-order valence-corrected chi connectivity index (χ4v) is 7.16. The summed E-state index contributed by atoms with van der Waals surface area (Å²) >= 11 is 0. The predicted molar refractivity (Wildman–Crippen MR) is 216 cm³/mol. The van der Waals surface area contributed by atoms with E-state index in [1.807, 2.05) is 51.1 Å². The lowest BCUT2D eigenvalue weighted by Gasteiger charge is -2.32. The molecule has 0 aliphatic carbocycles. The maximum Gasteiger partial charge on any atom is 0.305 e. The summed E-state index contributed by atoms with van der Waals surface area (Å²) in [6.45, 7) is 7.66. The van der Waals surface area contributed by atoms with Gasteiger partial charge in [-0.15, -0.1) is 0 Å². The largest absolute Gasteiger partial charge is 0.508 e. The van der Waals surface area contributed by atoms with Gasteiger partial charge in [-0.05, 0) is 54.4 Å². The monoisotopic (exact) mass is 802 g/mol. The number of carboxylic acids is 1. The Hall–Kier alpha value is -5.77. The van der Waals surface area contributed by atoms with Gasteiger partial charge in [0.2, 0.25) is 29.5 Å². The van der Waals surface area contributed by atoms with Gasteiger partial charge in [-0.25, -0.2) is 4.98 Å². The number of nitrogens with two attached hydrogens (primary N) is 1. The molecule has 16 nitrogen and oxygen atoms in total. The molecule has 314 valence electrons. The minimum absolute atomic E-state index is 0.00143. The molecule has 0 saturated carbocycles. The maximum atomic E-state index is 14.4. The number of nitrogens with zero attached hydrogens (tertiary/aromatic N) is 2. The van der Waals surface area contributed by atoms with E-state index >= 15 is 0 Å². The van der Waals surface area contributed by atoms with Gasteiger partial charge in [-0.1, -0.05) is 76.6 Å². The SMILES string of the molecule is CCC(C)C(NC(=O)C(Cc1ccc(O)cc1)NC(=O)C(CN)C(C)C)C(=O)NC(Cc1cnc[nH]1)C(=O)N1CCCC1C(=O)NC(CC(=O)O)Cc1ccccc1. The third-order valence-corrected chi connectivity index (χ3v) is 10.7. The minimum atomic E-state index is -1.17. The number of H-pyrrole nitrogens is 1. The van der Waals surface area contributed by atoms with Gasteiger partial charge in [0.1, 0.15) is 29.9 Å². The highest BCUT2D eigenvalue weighted by molar-refractivity contribution is 5.96. The van der Waals surface area contributed by atoms with Crippen molar-refractivity contribution < 1.29 is 39.0 Å². The number of aromatic nitrogens is 2. The van der Waals surface area contributed by atoms with Gasteiger partial charge in [0.05, 0.1) is 18.7 Å². The number of aromatic amines is 1. The average Bonchev–Trinajstić information content (AvgIpc) is 3.90. The summed E-state index contributed by atoms with van der Waals surface area (Å²) in [5.74, 6) is -4.80. The number of likely N-dealkylation sites (tertiary alicyclic amines) is 1. The lowest BCUT2D eigenvalue weighted by atomic mass is 9.93. The molecule has 1 aromatic heterocycles. The molecule has 1 aliphatic rings. The predicted octanol–water partition coefficient (Wildman–Crippen LogP) is 1.83. The van der Waals surface area contributed by atoms with Gasteiger partial charge in [-0.2, -0.15) is 0 Å². The molecule has 2 heterocycles. The summed E-state index contributed by atoms with van der Waals surface area (Å²) in [5, 5.41) is 30.8. The van der Waals surface area contributed by atoms with E-state index in [1.165, 1.54) is 29.6 Å². The third kappa shape index (κ3) is 12.9. The van der Waals surface area contributed by atoms with Crippen molar-refractivity contribution in [3.05, 3.63) is 83.9 Å². The molecule has 4 rings (SSSR count). The van der Waals surface area contributed by atoms with Crippen LogP contribution < -0.4 is 27.0 Å². The Morgan fingerprint density at radius 1 is 0.862 bits per heavy atom. The molecule has 16 heteroatoms. The zero-order valence-electron chi connectivity index (χ0n) is 33.6. The van der Waals surface area contributed by atoms with Crippen LogP contribution in [0.2, 0.25) is 0 Å². The first-order valence-electron chi connectivity index (χ1n) is 19.9. The summed E-state index contributed by atoms with van der Waals surface area (Å²) < 4.78 is 0. The molecule has 1 aliphatic heterocycles. The summed E-state index contributed by atoms with van der Waals surface area (Å²) in [5.41, 5.74) is 7.96. The second-order valence-electron chi connectivity index (χ2n) is 15.4. The van der Waals surface area contributed by atoms with Gasteiger partial charge in [0, 0.05) is 43.9 Å². The number of amides is 5. The van der Waals surface area contributed by atoms with E-state index in [9.17, 15) is 39.0 Å². The van der Waals surface area contributed by atoms with E-state index in [4.69, 9.17) is 5.73 Å². The molecule has 2 aromatic carbocycles. The van der Waals surface area contributed by atoms with Crippen LogP contribution in [-0.2, 0) is 48.0 Å². The van der Waals surface area contributed by atoms with E-state index in [2.05, 4.69) is 31.2 Å². The van der Waals surface area contributed by atoms with Crippen LogP contribution in [0.4, 0.5) is 0 Å². The fraction of sp³-hybridized carbons (Fsp3) is 0.500. The zero-order chi connectivity index (χ0) is 42.4. The van der Waals surface area contributed by atoms with Crippen molar-refractivity contribution in [3.63, 3.8) is 0 Å². The Labute approximate surface area is 339 Å². The summed E-state index contributed by atoms with van der Waals surface area (Å²) in [7, 11) is 0. The van der Waals surface area contributed by atoms with E-state index in [0.717, 1.165) is 5.56 Å². The van der Waals surface area contributed by atoms with E-state index in [-0.39, 0.29) is 50.4 Å². The lowest BCUT2D eigenvalue weighted by molar-refractivity contribution is -0.142. The highest BCUT2D eigenvalue weighted by atomic mass is 16.4. The molecular formula is C42H58N8O8. The van der Waals surface area contributed by atoms with Crippen molar-refractivity contribution in [2.45, 2.75) is 103 Å². The number of nitrogens with one attached hydrogen (secondary N) is 5. The Morgan fingerprint density at radius 2 is 1.53 bits per heavy atom. The summed E-state index contributed by atoms with van der Waals surface area (Å²) in [4.78, 5) is 90.0. The van der Waals surface area contributed by atoms with E-state index in [0.29, 0.717) is 30.5 Å². The Kier molecular flexibility index (Phi) is 16.8. The van der Waals surface area contributed by atoms with Crippen molar-refractivity contribution in [2.75, 3.05) is 13.1 Å². The molecule has 5 amide bonds. The Balaban J connectivity index is 1.56. The number of carbonyl (C=O) groups is 6. The quantitative estimate of drug-likeness (QED) is 0.0776. The van der Waals surface area contributed by atoms with E-state index in [1.54, 1.807) is 19.1 Å². The van der Waals surface area contributed by atoms with E-state index < -0.39 is 77.6 Å². The number of carbonyl (C=O) groups excluding carboxylic acids is 5. The molecule has 7 unspecified atom stereocenters. The summed E-state index contributed by atoms with van der Waals surface area (Å²) in [6.07, 6.45) is 4.33. The first-order chi connectivity index (χ1) is 27.7. The number of imidazole rings is 1. The van der Waals surface area contributed by atoms with Gasteiger partial charge in [0.15, 0.2) is 0 Å². The van der Waals surface area contributed by atoms with Gasteiger partial charge in [0.25, 0.3) is 0 Å². The van der Waals surface area contributed by atoms with Crippen molar-refractivity contribution >= 4 is 35.5 Å². The first-order valence-corrected chi connectivity index (χ1v) is 19.9. The molecule has 1 fully saturated rings. The molecule has 3 aromatic rings. The van der Waals surface area contributed by atoms with Crippen molar-refractivity contribution in [2.24, 2.45) is 23.5 Å². The fourth-order valence-electron chi connectivity index (χ4n) is 7.16.